The lowest BCUT2D eigenvalue weighted by Crippen LogP contribution is -2.26. The molecule has 1 aromatic rings. The second-order valence-corrected chi connectivity index (χ2v) is 4.21. The van der Waals surface area contributed by atoms with Crippen LogP contribution in [-0.4, -0.2) is 24.0 Å². The highest BCUT2D eigenvalue weighted by Gasteiger charge is 2.19. The van der Waals surface area contributed by atoms with E-state index in [1.807, 2.05) is 6.07 Å². The van der Waals surface area contributed by atoms with Crippen molar-refractivity contribution in [3.63, 3.8) is 0 Å². The first-order valence-corrected chi connectivity index (χ1v) is 5.35. The molecule has 16 heavy (non-hydrogen) atoms. The summed E-state index contributed by atoms with van der Waals surface area (Å²) in [6.45, 7) is 2.59. The van der Waals surface area contributed by atoms with Crippen molar-refractivity contribution in [2.24, 2.45) is 5.73 Å². The number of halogens is 1. The fourth-order valence-electron chi connectivity index (χ4n) is 2.02. The van der Waals surface area contributed by atoms with Crippen molar-refractivity contribution in [3.8, 4) is 6.07 Å². The molecule has 0 radical (unpaired) electrons. The Hall–Kier alpha value is -1.44. The molecule has 3 nitrogen and oxygen atoms in total. The van der Waals surface area contributed by atoms with Gasteiger partial charge in [0.25, 0.3) is 0 Å². The third kappa shape index (κ3) is 2.38. The average molecular weight is 219 g/mol. The predicted molar refractivity (Wildman–Crippen MR) is 59.0 cm³/mol. The van der Waals surface area contributed by atoms with Gasteiger partial charge in [-0.2, -0.15) is 5.26 Å². The van der Waals surface area contributed by atoms with E-state index < -0.39 is 5.82 Å². The molecule has 0 saturated carbocycles. The molecule has 0 unspecified atom stereocenters. The number of hydrogen-bond donors (Lipinski definition) is 1. The largest absolute Gasteiger partial charge is 0.326 e. The molecule has 2 N–H and O–H groups in total. The first-order chi connectivity index (χ1) is 7.69. The molecule has 1 aromatic carbocycles. The zero-order valence-corrected chi connectivity index (χ0v) is 8.99. The molecule has 0 spiro atoms. The monoisotopic (exact) mass is 219 g/mol. The molecule has 2 rings (SSSR count). The number of rotatable bonds is 2. The number of likely N-dealkylation sites (tertiary alicyclic amines) is 1. The number of nitrogens with two attached hydrogens (primary N) is 1. The van der Waals surface area contributed by atoms with E-state index in [9.17, 15) is 4.39 Å². The van der Waals surface area contributed by atoms with Gasteiger partial charge in [0.05, 0.1) is 5.56 Å². The highest BCUT2D eigenvalue weighted by atomic mass is 19.1. The van der Waals surface area contributed by atoms with Gasteiger partial charge in [-0.15, -0.1) is 0 Å². The van der Waals surface area contributed by atoms with Gasteiger partial charge in [0.1, 0.15) is 11.9 Å². The van der Waals surface area contributed by atoms with Crippen molar-refractivity contribution in [2.45, 2.75) is 19.0 Å². The Morgan fingerprint density at radius 1 is 1.56 bits per heavy atom. The van der Waals surface area contributed by atoms with Crippen LogP contribution in [0.2, 0.25) is 0 Å². The lowest BCUT2D eigenvalue weighted by atomic mass is 10.1. The summed E-state index contributed by atoms with van der Waals surface area (Å²) in [7, 11) is 0. The third-order valence-electron chi connectivity index (χ3n) is 2.87. The summed E-state index contributed by atoms with van der Waals surface area (Å²) in [5, 5.41) is 8.72. The molecule has 1 aliphatic heterocycles. The Kier molecular flexibility index (Phi) is 3.18. The van der Waals surface area contributed by atoms with E-state index >= 15 is 0 Å². The summed E-state index contributed by atoms with van der Waals surface area (Å²) in [6.07, 6.45) is 1.01. The standard InChI is InChI=1S/C12H14FN3/c13-12-2-1-9(5-10(12)6-14)7-16-4-3-11(15)8-16/h1-2,5,11H,3-4,7-8,15H2/t11-/m1/s1. The van der Waals surface area contributed by atoms with E-state index in [2.05, 4.69) is 4.90 Å². The van der Waals surface area contributed by atoms with Gasteiger partial charge in [-0.3, -0.25) is 4.90 Å². The van der Waals surface area contributed by atoms with Crippen molar-refractivity contribution in [3.05, 3.63) is 35.1 Å². The van der Waals surface area contributed by atoms with Crippen LogP contribution in [0.3, 0.4) is 0 Å². The first kappa shape index (κ1) is 11.1. The summed E-state index contributed by atoms with van der Waals surface area (Å²) in [6, 6.07) is 6.78. The van der Waals surface area contributed by atoms with E-state index in [-0.39, 0.29) is 11.6 Å². The van der Waals surface area contributed by atoms with Crippen molar-refractivity contribution in [2.75, 3.05) is 13.1 Å². The van der Waals surface area contributed by atoms with Crippen molar-refractivity contribution in [1.82, 2.24) is 4.90 Å². The molecule has 1 aliphatic rings. The van der Waals surface area contributed by atoms with Gasteiger partial charge in [0, 0.05) is 25.7 Å². The molecular weight excluding hydrogens is 205 g/mol. The SMILES string of the molecule is N#Cc1cc(CN2CC[C@@H](N)C2)ccc1F. The lowest BCUT2D eigenvalue weighted by Gasteiger charge is -2.15. The Labute approximate surface area is 94.3 Å². The molecule has 1 saturated heterocycles. The molecule has 0 amide bonds. The lowest BCUT2D eigenvalue weighted by molar-refractivity contribution is 0.327. The molecule has 0 aliphatic carbocycles. The van der Waals surface area contributed by atoms with Gasteiger partial charge in [-0.05, 0) is 24.1 Å². The van der Waals surface area contributed by atoms with Crippen molar-refractivity contribution >= 4 is 0 Å². The predicted octanol–water partition coefficient (Wildman–Crippen LogP) is 1.23. The summed E-state index contributed by atoms with van der Waals surface area (Å²) in [5.74, 6) is -0.454. The van der Waals surface area contributed by atoms with E-state index in [1.54, 1.807) is 12.1 Å². The van der Waals surface area contributed by atoms with Crippen LogP contribution in [0.1, 0.15) is 17.5 Å². The summed E-state index contributed by atoms with van der Waals surface area (Å²) >= 11 is 0. The number of hydrogen-bond acceptors (Lipinski definition) is 3. The van der Waals surface area contributed by atoms with E-state index in [4.69, 9.17) is 11.0 Å². The van der Waals surface area contributed by atoms with E-state index in [1.165, 1.54) is 6.07 Å². The number of nitriles is 1. The average Bonchev–Trinajstić information content (AvgIpc) is 2.67. The molecule has 0 aromatic heterocycles. The second kappa shape index (κ2) is 4.60. The minimum absolute atomic E-state index is 0.112. The maximum Gasteiger partial charge on any atom is 0.140 e. The van der Waals surface area contributed by atoms with Crippen molar-refractivity contribution in [1.29, 1.82) is 5.26 Å². The van der Waals surface area contributed by atoms with Gasteiger partial charge >= 0.3 is 0 Å². The highest BCUT2D eigenvalue weighted by molar-refractivity contribution is 5.34. The zero-order chi connectivity index (χ0) is 11.5. The molecule has 84 valence electrons. The van der Waals surface area contributed by atoms with Gasteiger partial charge in [0.15, 0.2) is 0 Å². The van der Waals surface area contributed by atoms with Crippen LogP contribution in [0, 0.1) is 17.1 Å². The molecular formula is C12H14FN3. The van der Waals surface area contributed by atoms with Gasteiger partial charge < -0.3 is 5.73 Å². The second-order valence-electron chi connectivity index (χ2n) is 4.21. The Balaban J connectivity index is 2.08. The van der Waals surface area contributed by atoms with Crippen LogP contribution < -0.4 is 5.73 Å². The van der Waals surface area contributed by atoms with Gasteiger partial charge in [-0.25, -0.2) is 4.39 Å². The first-order valence-electron chi connectivity index (χ1n) is 5.35. The van der Waals surface area contributed by atoms with E-state index in [0.717, 1.165) is 31.6 Å². The van der Waals surface area contributed by atoms with Crippen LogP contribution in [0.25, 0.3) is 0 Å². The van der Waals surface area contributed by atoms with Crippen LogP contribution in [0.4, 0.5) is 4.39 Å². The molecule has 1 fully saturated rings. The van der Waals surface area contributed by atoms with Crippen LogP contribution >= 0.6 is 0 Å². The quantitative estimate of drug-likeness (QED) is 0.814. The maximum atomic E-state index is 13.1. The zero-order valence-electron chi connectivity index (χ0n) is 8.99. The minimum atomic E-state index is -0.454. The number of benzene rings is 1. The maximum absolute atomic E-state index is 13.1. The van der Waals surface area contributed by atoms with Crippen LogP contribution in [0.15, 0.2) is 18.2 Å². The Morgan fingerprint density at radius 2 is 2.38 bits per heavy atom. The minimum Gasteiger partial charge on any atom is -0.326 e. The van der Waals surface area contributed by atoms with E-state index in [0.29, 0.717) is 0 Å². The summed E-state index contributed by atoms with van der Waals surface area (Å²) in [5.41, 5.74) is 6.88. The van der Waals surface area contributed by atoms with Gasteiger partial charge in [0.2, 0.25) is 0 Å². The number of nitrogens with zero attached hydrogens (tertiary/aromatic N) is 2. The molecule has 4 heteroatoms. The van der Waals surface area contributed by atoms with Gasteiger partial charge in [-0.1, -0.05) is 6.07 Å². The topological polar surface area (TPSA) is 53.0 Å². The van der Waals surface area contributed by atoms with Crippen LogP contribution in [0.5, 0.6) is 0 Å². The van der Waals surface area contributed by atoms with Crippen molar-refractivity contribution < 1.29 is 4.39 Å². The molecule has 1 atom stereocenters. The summed E-state index contributed by atoms with van der Waals surface area (Å²) in [4.78, 5) is 2.22. The molecule has 1 heterocycles. The fraction of sp³-hybridized carbons (Fsp3) is 0.417. The summed E-state index contributed by atoms with van der Waals surface area (Å²) < 4.78 is 13.1. The molecule has 0 bridgehead atoms. The Bertz CT molecular complexity index is 425. The Morgan fingerprint density at radius 3 is 3.00 bits per heavy atom. The highest BCUT2D eigenvalue weighted by Crippen LogP contribution is 2.15. The normalized spacial score (nSPS) is 20.9. The third-order valence-corrected chi connectivity index (χ3v) is 2.87. The smallest absolute Gasteiger partial charge is 0.140 e. The van der Waals surface area contributed by atoms with Crippen LogP contribution in [-0.2, 0) is 6.54 Å². The fourth-order valence-corrected chi connectivity index (χ4v) is 2.02.